The first-order valence-electron chi connectivity index (χ1n) is 7.85. The molecule has 2 bridgehead atoms. The van der Waals surface area contributed by atoms with Gasteiger partial charge in [-0.1, -0.05) is 32.1 Å². The van der Waals surface area contributed by atoms with E-state index in [-0.39, 0.29) is 17.1 Å². The molecule has 2 saturated carbocycles. The van der Waals surface area contributed by atoms with Crippen molar-refractivity contribution < 1.29 is 14.6 Å². The van der Waals surface area contributed by atoms with Gasteiger partial charge in [0.25, 0.3) is 0 Å². The summed E-state index contributed by atoms with van der Waals surface area (Å²) in [6.45, 7) is 8.09. The van der Waals surface area contributed by atoms with E-state index in [0.717, 1.165) is 24.2 Å². The Labute approximate surface area is 132 Å². The van der Waals surface area contributed by atoms with Gasteiger partial charge in [0.15, 0.2) is 5.78 Å². The lowest BCUT2D eigenvalue weighted by atomic mass is 9.69. The summed E-state index contributed by atoms with van der Waals surface area (Å²) in [5, 5.41) is 11.2. The van der Waals surface area contributed by atoms with Crippen molar-refractivity contribution >= 4 is 5.78 Å². The molecule has 1 aromatic rings. The minimum absolute atomic E-state index is 0.0207. The molecule has 1 N–H and O–H groups in total. The molecule has 2 fully saturated rings. The number of aliphatic hydroxyl groups is 1. The van der Waals surface area contributed by atoms with E-state index in [4.69, 9.17) is 4.74 Å². The van der Waals surface area contributed by atoms with Crippen molar-refractivity contribution in [3.63, 3.8) is 0 Å². The summed E-state index contributed by atoms with van der Waals surface area (Å²) in [4.78, 5) is 13.0. The number of Topliss-reactive ketones (excluding diaryl/α,β-unsaturated/α-hetero) is 1. The van der Waals surface area contributed by atoms with E-state index in [1.807, 2.05) is 24.3 Å². The number of hydrogen-bond donors (Lipinski definition) is 1. The summed E-state index contributed by atoms with van der Waals surface area (Å²) in [6, 6.07) is 7.57. The number of methoxy groups -OCH3 is 1. The van der Waals surface area contributed by atoms with Crippen LogP contribution in [-0.2, 0) is 11.2 Å². The Bertz CT molecular complexity index is 616. The van der Waals surface area contributed by atoms with Crippen molar-refractivity contribution in [2.24, 2.45) is 16.7 Å². The van der Waals surface area contributed by atoms with Crippen molar-refractivity contribution in [2.45, 2.75) is 38.7 Å². The minimum Gasteiger partial charge on any atom is -0.497 e. The predicted octanol–water partition coefficient (Wildman–Crippen LogP) is 3.16. The maximum absolute atomic E-state index is 13.0. The highest BCUT2D eigenvalue weighted by molar-refractivity contribution is 5.99. The first kappa shape index (κ1) is 15.3. The predicted molar refractivity (Wildman–Crippen MR) is 85.8 cm³/mol. The Morgan fingerprint density at radius 3 is 2.50 bits per heavy atom. The van der Waals surface area contributed by atoms with E-state index in [9.17, 15) is 9.90 Å². The maximum atomic E-state index is 13.0. The molecule has 3 heteroatoms. The van der Waals surface area contributed by atoms with Gasteiger partial charge in [0.05, 0.1) is 12.5 Å². The summed E-state index contributed by atoms with van der Waals surface area (Å²) < 4.78 is 5.16. The molecule has 0 spiro atoms. The Balaban J connectivity index is 1.96. The average Bonchev–Trinajstić information content (AvgIpc) is 2.83. The number of hydrogen-bond acceptors (Lipinski definition) is 3. The maximum Gasteiger partial charge on any atom is 0.175 e. The van der Waals surface area contributed by atoms with Crippen LogP contribution in [0.3, 0.4) is 0 Å². The molecule has 0 amide bonds. The molecule has 0 unspecified atom stereocenters. The Morgan fingerprint density at radius 2 is 2.00 bits per heavy atom. The lowest BCUT2D eigenvalue weighted by Gasteiger charge is -2.33. The number of ketones is 1. The molecule has 2 aliphatic carbocycles. The van der Waals surface area contributed by atoms with E-state index in [1.54, 1.807) is 13.2 Å². The van der Waals surface area contributed by atoms with Gasteiger partial charge in [0.2, 0.25) is 0 Å². The lowest BCUT2D eigenvalue weighted by molar-refractivity contribution is -0.145. The summed E-state index contributed by atoms with van der Waals surface area (Å²) >= 11 is 0. The highest BCUT2D eigenvalue weighted by atomic mass is 16.5. The van der Waals surface area contributed by atoms with Crippen molar-refractivity contribution in [3.8, 4) is 5.75 Å². The van der Waals surface area contributed by atoms with Crippen LogP contribution in [0.1, 0.15) is 32.3 Å². The molecule has 0 aliphatic heterocycles. The summed E-state index contributed by atoms with van der Waals surface area (Å²) in [5.74, 6) is 0.706. The van der Waals surface area contributed by atoms with Gasteiger partial charge < -0.3 is 9.84 Å². The molecule has 2 aliphatic rings. The van der Waals surface area contributed by atoms with Gasteiger partial charge in [-0.05, 0) is 36.0 Å². The summed E-state index contributed by atoms with van der Waals surface area (Å²) in [6.07, 6.45) is 3.82. The van der Waals surface area contributed by atoms with Crippen LogP contribution in [-0.4, -0.2) is 23.6 Å². The number of fused-ring (bicyclic) bond motifs is 2. The normalized spacial score (nSPS) is 35.6. The highest BCUT2D eigenvalue weighted by Crippen LogP contribution is 2.68. The second kappa shape index (κ2) is 4.69. The van der Waals surface area contributed by atoms with E-state index >= 15 is 0 Å². The van der Waals surface area contributed by atoms with Crippen molar-refractivity contribution in [2.75, 3.05) is 7.11 Å². The van der Waals surface area contributed by atoms with Crippen LogP contribution in [0.2, 0.25) is 0 Å². The van der Waals surface area contributed by atoms with Crippen molar-refractivity contribution in [1.29, 1.82) is 0 Å². The fourth-order valence-corrected chi connectivity index (χ4v) is 4.87. The smallest absolute Gasteiger partial charge is 0.175 e. The highest BCUT2D eigenvalue weighted by Gasteiger charge is 2.73. The van der Waals surface area contributed by atoms with Crippen LogP contribution in [0.5, 0.6) is 5.75 Å². The molecule has 0 heterocycles. The Hall–Kier alpha value is -1.61. The van der Waals surface area contributed by atoms with E-state index in [2.05, 4.69) is 20.4 Å². The fraction of sp³-hybridized carbons (Fsp3) is 0.526. The Kier molecular flexibility index (Phi) is 3.26. The van der Waals surface area contributed by atoms with Crippen molar-refractivity contribution in [1.82, 2.24) is 0 Å². The molecule has 3 rings (SSSR count). The van der Waals surface area contributed by atoms with Gasteiger partial charge in [-0.25, -0.2) is 0 Å². The molecular weight excluding hydrogens is 276 g/mol. The van der Waals surface area contributed by atoms with Gasteiger partial charge in [-0.15, -0.1) is 6.58 Å². The number of ether oxygens (including phenoxy) is 1. The molecule has 1 aromatic carbocycles. The standard InChI is InChI=1S/C19H24O3/c1-5-18-11-10-15(17(18,2)3)19(21,16(18)20)12-13-6-8-14(22-4)9-7-13/h5-9,15,21H,1,10-12H2,2-4H3/t15-,18-,19+/m0/s1. The Morgan fingerprint density at radius 1 is 1.36 bits per heavy atom. The van der Waals surface area contributed by atoms with Crippen LogP contribution < -0.4 is 4.74 Å². The number of carbonyl (C=O) groups excluding carboxylic acids is 1. The monoisotopic (exact) mass is 300 g/mol. The fourth-order valence-electron chi connectivity index (χ4n) is 4.87. The molecule has 0 radical (unpaired) electrons. The third kappa shape index (κ3) is 1.69. The van der Waals surface area contributed by atoms with E-state index in [0.29, 0.717) is 6.42 Å². The first-order chi connectivity index (χ1) is 10.3. The lowest BCUT2D eigenvalue weighted by Crippen LogP contribution is -2.48. The van der Waals surface area contributed by atoms with Crippen LogP contribution in [0.25, 0.3) is 0 Å². The second-order valence-electron chi connectivity index (χ2n) is 7.27. The SMILES string of the molecule is C=C[C@@]12CC[C@@H](C1(C)C)[C@](O)(Cc1ccc(OC)cc1)C2=O. The van der Waals surface area contributed by atoms with Gasteiger partial charge in [-0.2, -0.15) is 0 Å². The average molecular weight is 300 g/mol. The molecular formula is C19H24O3. The first-order valence-corrected chi connectivity index (χ1v) is 7.85. The van der Waals surface area contributed by atoms with Crippen molar-refractivity contribution in [3.05, 3.63) is 42.5 Å². The number of benzene rings is 1. The topological polar surface area (TPSA) is 46.5 Å². The second-order valence-corrected chi connectivity index (χ2v) is 7.27. The minimum atomic E-state index is -1.29. The van der Waals surface area contributed by atoms with Gasteiger partial charge in [-0.3, -0.25) is 4.79 Å². The van der Waals surface area contributed by atoms with Crippen LogP contribution in [0.15, 0.2) is 36.9 Å². The zero-order valence-electron chi connectivity index (χ0n) is 13.6. The number of carbonyl (C=O) groups is 1. The summed E-state index contributed by atoms with van der Waals surface area (Å²) in [7, 11) is 1.62. The van der Waals surface area contributed by atoms with Crippen LogP contribution >= 0.6 is 0 Å². The molecule has 3 nitrogen and oxygen atoms in total. The van der Waals surface area contributed by atoms with Crippen LogP contribution in [0, 0.1) is 16.7 Å². The van der Waals surface area contributed by atoms with Gasteiger partial charge in [0.1, 0.15) is 11.4 Å². The molecule has 22 heavy (non-hydrogen) atoms. The quantitative estimate of drug-likeness (QED) is 0.869. The molecule has 0 aromatic heterocycles. The number of allylic oxidation sites excluding steroid dienone is 1. The number of rotatable bonds is 4. The molecule has 3 atom stereocenters. The molecule has 118 valence electrons. The zero-order chi connectivity index (χ0) is 16.2. The largest absolute Gasteiger partial charge is 0.497 e. The van der Waals surface area contributed by atoms with Crippen LogP contribution in [0.4, 0.5) is 0 Å². The van der Waals surface area contributed by atoms with Gasteiger partial charge in [0, 0.05) is 12.3 Å². The van der Waals surface area contributed by atoms with E-state index < -0.39 is 11.0 Å². The summed E-state index contributed by atoms with van der Waals surface area (Å²) in [5.41, 5.74) is -1.16. The third-order valence-corrected chi connectivity index (χ3v) is 6.20. The molecule has 0 saturated heterocycles. The zero-order valence-corrected chi connectivity index (χ0v) is 13.6. The third-order valence-electron chi connectivity index (χ3n) is 6.20. The van der Waals surface area contributed by atoms with Gasteiger partial charge >= 0.3 is 0 Å². The van der Waals surface area contributed by atoms with E-state index in [1.165, 1.54) is 0 Å².